The number of anilines is 2. The minimum absolute atomic E-state index is 0.104. The Morgan fingerprint density at radius 1 is 1.40 bits per heavy atom. The number of nitrogens with two attached hydrogens (primary N) is 1. The summed E-state index contributed by atoms with van der Waals surface area (Å²) in [6, 6.07) is 3.74. The van der Waals surface area contributed by atoms with Crippen molar-refractivity contribution in [3.05, 3.63) is 36.4 Å². The van der Waals surface area contributed by atoms with E-state index in [1.807, 2.05) is 13.8 Å². The highest BCUT2D eigenvalue weighted by Crippen LogP contribution is 2.23. The Hall–Kier alpha value is -2.09. The van der Waals surface area contributed by atoms with Gasteiger partial charge in [-0.15, -0.1) is 0 Å². The Labute approximate surface area is 116 Å². The van der Waals surface area contributed by atoms with Crippen molar-refractivity contribution in [1.82, 2.24) is 9.78 Å². The molecule has 20 heavy (non-hydrogen) atoms. The summed E-state index contributed by atoms with van der Waals surface area (Å²) in [6.07, 6.45) is 2.94. The van der Waals surface area contributed by atoms with Gasteiger partial charge in [-0.05, 0) is 26.0 Å². The summed E-state index contributed by atoms with van der Waals surface area (Å²) < 4.78 is 41.6. The van der Waals surface area contributed by atoms with Crippen LogP contribution in [0.4, 0.5) is 15.8 Å². The third-order valence-corrected chi connectivity index (χ3v) is 4.12. The van der Waals surface area contributed by atoms with Crippen LogP contribution in [0.5, 0.6) is 0 Å². The highest BCUT2D eigenvalue weighted by atomic mass is 32.2. The number of nitrogens with one attached hydrogen (secondary N) is 1. The first-order valence-electron chi connectivity index (χ1n) is 5.92. The fourth-order valence-corrected chi connectivity index (χ4v) is 2.81. The van der Waals surface area contributed by atoms with E-state index in [-0.39, 0.29) is 10.9 Å². The molecule has 0 amide bonds. The van der Waals surface area contributed by atoms with Crippen molar-refractivity contribution < 1.29 is 12.8 Å². The van der Waals surface area contributed by atoms with Gasteiger partial charge in [0.05, 0.1) is 17.6 Å². The Balaban J connectivity index is 2.33. The molecule has 1 aromatic carbocycles. The lowest BCUT2D eigenvalue weighted by molar-refractivity contribution is 0.532. The third kappa shape index (κ3) is 2.74. The second-order valence-electron chi connectivity index (χ2n) is 4.56. The summed E-state index contributed by atoms with van der Waals surface area (Å²) in [5.74, 6) is -0.772. The molecule has 0 radical (unpaired) electrons. The SMILES string of the molecule is CC(C)n1cc(NS(=O)(=O)c2cccc(F)c2N)cn1. The van der Waals surface area contributed by atoms with Crippen molar-refractivity contribution in [2.24, 2.45) is 0 Å². The van der Waals surface area contributed by atoms with E-state index < -0.39 is 21.5 Å². The highest BCUT2D eigenvalue weighted by Gasteiger charge is 2.20. The first-order valence-corrected chi connectivity index (χ1v) is 7.40. The van der Waals surface area contributed by atoms with Crippen molar-refractivity contribution in [2.45, 2.75) is 24.8 Å². The largest absolute Gasteiger partial charge is 0.395 e. The van der Waals surface area contributed by atoms with E-state index in [9.17, 15) is 12.8 Å². The van der Waals surface area contributed by atoms with Crippen LogP contribution < -0.4 is 10.5 Å². The zero-order chi connectivity index (χ0) is 14.9. The van der Waals surface area contributed by atoms with Gasteiger partial charge in [-0.3, -0.25) is 9.40 Å². The van der Waals surface area contributed by atoms with Gasteiger partial charge in [-0.25, -0.2) is 12.8 Å². The molecule has 2 aromatic rings. The minimum Gasteiger partial charge on any atom is -0.395 e. The topological polar surface area (TPSA) is 90.0 Å². The number of hydrogen-bond donors (Lipinski definition) is 2. The van der Waals surface area contributed by atoms with E-state index in [2.05, 4.69) is 9.82 Å². The van der Waals surface area contributed by atoms with Crippen LogP contribution in [0, 0.1) is 5.82 Å². The summed E-state index contributed by atoms with van der Waals surface area (Å²) in [5, 5.41) is 4.02. The van der Waals surface area contributed by atoms with Crippen LogP contribution in [0.2, 0.25) is 0 Å². The molecule has 1 aromatic heterocycles. The first-order chi connectivity index (χ1) is 9.31. The third-order valence-electron chi connectivity index (χ3n) is 2.69. The van der Waals surface area contributed by atoms with Gasteiger partial charge in [0.1, 0.15) is 10.7 Å². The molecule has 0 aliphatic carbocycles. The van der Waals surface area contributed by atoms with Crippen LogP contribution >= 0.6 is 0 Å². The van der Waals surface area contributed by atoms with E-state index in [1.165, 1.54) is 18.3 Å². The lowest BCUT2D eigenvalue weighted by atomic mass is 10.3. The number of hydrogen-bond acceptors (Lipinski definition) is 4. The summed E-state index contributed by atoms with van der Waals surface area (Å²) >= 11 is 0. The van der Waals surface area contributed by atoms with Gasteiger partial charge in [0.25, 0.3) is 10.0 Å². The fourth-order valence-electron chi connectivity index (χ4n) is 1.63. The molecule has 0 fully saturated rings. The number of sulfonamides is 1. The van der Waals surface area contributed by atoms with Gasteiger partial charge in [0.2, 0.25) is 0 Å². The summed E-state index contributed by atoms with van der Waals surface area (Å²) in [7, 11) is -3.95. The van der Waals surface area contributed by atoms with Gasteiger partial charge in [0.15, 0.2) is 0 Å². The molecule has 0 aliphatic rings. The van der Waals surface area contributed by atoms with Crippen molar-refractivity contribution in [2.75, 3.05) is 10.5 Å². The summed E-state index contributed by atoms with van der Waals surface area (Å²) in [5.41, 5.74) is 5.35. The first kappa shape index (κ1) is 14.3. The van der Waals surface area contributed by atoms with E-state index in [1.54, 1.807) is 10.9 Å². The predicted molar refractivity (Wildman–Crippen MR) is 74.2 cm³/mol. The monoisotopic (exact) mass is 298 g/mol. The molecule has 2 rings (SSSR count). The Morgan fingerprint density at radius 2 is 2.10 bits per heavy atom. The molecule has 108 valence electrons. The van der Waals surface area contributed by atoms with Crippen molar-refractivity contribution in [3.63, 3.8) is 0 Å². The number of nitrogens with zero attached hydrogens (tertiary/aromatic N) is 2. The van der Waals surface area contributed by atoms with Crippen molar-refractivity contribution in [3.8, 4) is 0 Å². The lowest BCUT2D eigenvalue weighted by Gasteiger charge is -2.09. The summed E-state index contributed by atoms with van der Waals surface area (Å²) in [4.78, 5) is -0.296. The van der Waals surface area contributed by atoms with Crippen LogP contribution in [-0.2, 0) is 10.0 Å². The molecule has 0 saturated carbocycles. The van der Waals surface area contributed by atoms with Crippen LogP contribution in [0.25, 0.3) is 0 Å². The smallest absolute Gasteiger partial charge is 0.264 e. The molecular weight excluding hydrogens is 283 g/mol. The average Bonchev–Trinajstić information content (AvgIpc) is 2.80. The molecule has 0 aliphatic heterocycles. The molecule has 6 nitrogen and oxygen atoms in total. The highest BCUT2D eigenvalue weighted by molar-refractivity contribution is 7.92. The Kier molecular flexibility index (Phi) is 3.67. The van der Waals surface area contributed by atoms with Crippen LogP contribution in [0.1, 0.15) is 19.9 Å². The van der Waals surface area contributed by atoms with Gasteiger partial charge in [-0.2, -0.15) is 5.10 Å². The Morgan fingerprint density at radius 3 is 2.70 bits per heavy atom. The average molecular weight is 298 g/mol. The van der Waals surface area contributed by atoms with Gasteiger partial charge >= 0.3 is 0 Å². The molecule has 0 atom stereocenters. The number of aromatic nitrogens is 2. The van der Waals surface area contributed by atoms with E-state index >= 15 is 0 Å². The van der Waals surface area contributed by atoms with Crippen LogP contribution in [-0.4, -0.2) is 18.2 Å². The minimum atomic E-state index is -3.95. The van der Waals surface area contributed by atoms with Gasteiger partial charge < -0.3 is 5.73 Å². The fraction of sp³-hybridized carbons (Fsp3) is 0.250. The molecule has 1 heterocycles. The van der Waals surface area contributed by atoms with Gasteiger partial charge in [0, 0.05) is 12.2 Å². The molecule has 3 N–H and O–H groups in total. The normalized spacial score (nSPS) is 11.8. The molecule has 8 heteroatoms. The van der Waals surface area contributed by atoms with Crippen LogP contribution in [0.3, 0.4) is 0 Å². The zero-order valence-corrected chi connectivity index (χ0v) is 11.9. The zero-order valence-electron chi connectivity index (χ0n) is 11.0. The van der Waals surface area contributed by atoms with Crippen molar-refractivity contribution >= 4 is 21.4 Å². The number of para-hydroxylation sites is 1. The molecular formula is C12H15FN4O2S. The molecule has 0 spiro atoms. The van der Waals surface area contributed by atoms with Crippen molar-refractivity contribution in [1.29, 1.82) is 0 Å². The molecule has 0 saturated heterocycles. The molecule has 0 bridgehead atoms. The second-order valence-corrected chi connectivity index (χ2v) is 6.21. The van der Waals surface area contributed by atoms with Crippen LogP contribution in [0.15, 0.2) is 35.5 Å². The van der Waals surface area contributed by atoms with E-state index in [4.69, 9.17) is 5.73 Å². The second kappa shape index (κ2) is 5.12. The van der Waals surface area contributed by atoms with E-state index in [0.29, 0.717) is 5.69 Å². The lowest BCUT2D eigenvalue weighted by Crippen LogP contribution is -2.15. The standard InChI is InChI=1S/C12H15FN4O2S/c1-8(2)17-7-9(6-15-17)16-20(18,19)11-5-3-4-10(13)12(11)14/h3-8,16H,14H2,1-2H3. The number of halogens is 1. The summed E-state index contributed by atoms with van der Waals surface area (Å²) in [6.45, 7) is 3.83. The number of nitrogen functional groups attached to an aromatic ring is 1. The maximum Gasteiger partial charge on any atom is 0.264 e. The maximum absolute atomic E-state index is 13.3. The molecule has 0 unspecified atom stereocenters. The van der Waals surface area contributed by atoms with Gasteiger partial charge in [-0.1, -0.05) is 6.07 Å². The Bertz CT molecular complexity index is 725. The predicted octanol–water partition coefficient (Wildman–Crippen LogP) is 1.99. The quantitative estimate of drug-likeness (QED) is 0.845. The van der Waals surface area contributed by atoms with E-state index in [0.717, 1.165) is 6.07 Å². The number of benzene rings is 1. The maximum atomic E-state index is 13.3. The number of rotatable bonds is 4.